The second kappa shape index (κ2) is 6.71. The molecule has 0 aliphatic carbocycles. The van der Waals surface area contributed by atoms with Crippen molar-refractivity contribution < 1.29 is 4.39 Å². The van der Waals surface area contributed by atoms with Gasteiger partial charge in [-0.05, 0) is 56.6 Å². The normalized spacial score (nSPS) is 17.2. The van der Waals surface area contributed by atoms with E-state index in [1.807, 2.05) is 6.07 Å². The summed E-state index contributed by atoms with van der Waals surface area (Å²) in [6, 6.07) is 5.11. The van der Waals surface area contributed by atoms with Gasteiger partial charge in [-0.1, -0.05) is 15.9 Å². The minimum atomic E-state index is -0.152. The fourth-order valence-electron chi connectivity index (χ4n) is 2.84. The molecule has 1 fully saturated rings. The third kappa shape index (κ3) is 3.93. The largest absolute Gasteiger partial charge is 0.371 e. The molecule has 0 aromatic heterocycles. The number of nitrogens with zero attached hydrogens (tertiary/aromatic N) is 2. The number of hydrogen-bond donors (Lipinski definition) is 0. The first-order chi connectivity index (χ1) is 9.10. The lowest BCUT2D eigenvalue weighted by Crippen LogP contribution is -2.37. The summed E-state index contributed by atoms with van der Waals surface area (Å²) in [7, 11) is 4.27. The minimum absolute atomic E-state index is 0.152. The molecule has 1 heterocycles. The molecule has 0 radical (unpaired) electrons. The molecule has 0 unspecified atom stereocenters. The molecule has 2 nitrogen and oxygen atoms in total. The SMILES string of the molecule is CN(C)CC1CCN(c2ccc(F)cc2CBr)CC1. The lowest BCUT2D eigenvalue weighted by molar-refractivity contribution is 0.285. The van der Waals surface area contributed by atoms with Crippen molar-refractivity contribution in [3.05, 3.63) is 29.6 Å². The maximum atomic E-state index is 13.3. The Morgan fingerprint density at radius 2 is 2.00 bits per heavy atom. The van der Waals surface area contributed by atoms with E-state index >= 15 is 0 Å². The molecule has 106 valence electrons. The molecule has 1 aliphatic heterocycles. The predicted molar refractivity (Wildman–Crippen MR) is 82.5 cm³/mol. The Hall–Kier alpha value is -0.610. The third-order valence-electron chi connectivity index (χ3n) is 3.76. The monoisotopic (exact) mass is 328 g/mol. The van der Waals surface area contributed by atoms with Crippen LogP contribution in [0.5, 0.6) is 0 Å². The van der Waals surface area contributed by atoms with Crippen LogP contribution in [0.25, 0.3) is 0 Å². The molecule has 0 bridgehead atoms. The average molecular weight is 329 g/mol. The first kappa shape index (κ1) is 14.8. The Morgan fingerprint density at radius 1 is 1.32 bits per heavy atom. The van der Waals surface area contributed by atoms with Crippen molar-refractivity contribution in [2.45, 2.75) is 18.2 Å². The summed E-state index contributed by atoms with van der Waals surface area (Å²) in [4.78, 5) is 4.66. The minimum Gasteiger partial charge on any atom is -0.371 e. The first-order valence-electron chi connectivity index (χ1n) is 6.84. The van der Waals surface area contributed by atoms with Crippen LogP contribution in [0.15, 0.2) is 18.2 Å². The van der Waals surface area contributed by atoms with Crippen LogP contribution in [0.2, 0.25) is 0 Å². The molecule has 4 heteroatoms. The predicted octanol–water partition coefficient (Wildman–Crippen LogP) is 3.50. The van der Waals surface area contributed by atoms with Crippen LogP contribution in [0.4, 0.5) is 10.1 Å². The molecule has 0 atom stereocenters. The summed E-state index contributed by atoms with van der Waals surface area (Å²) in [6.45, 7) is 3.32. The van der Waals surface area contributed by atoms with Gasteiger partial charge in [0.05, 0.1) is 0 Å². The Balaban J connectivity index is 2.01. The lowest BCUT2D eigenvalue weighted by Gasteiger charge is -2.35. The number of anilines is 1. The van der Waals surface area contributed by atoms with Crippen LogP contribution < -0.4 is 4.90 Å². The van der Waals surface area contributed by atoms with Crippen molar-refractivity contribution in [1.29, 1.82) is 0 Å². The molecule has 1 saturated heterocycles. The number of hydrogen-bond acceptors (Lipinski definition) is 2. The third-order valence-corrected chi connectivity index (χ3v) is 4.37. The average Bonchev–Trinajstić information content (AvgIpc) is 2.39. The van der Waals surface area contributed by atoms with E-state index in [0.717, 1.165) is 24.6 Å². The Labute approximate surface area is 123 Å². The molecule has 0 amide bonds. The molecule has 1 aromatic carbocycles. The second-order valence-corrected chi connectivity index (χ2v) is 6.16. The molecule has 1 aromatic rings. The quantitative estimate of drug-likeness (QED) is 0.780. The number of halogens is 2. The van der Waals surface area contributed by atoms with Crippen LogP contribution in [0.3, 0.4) is 0 Å². The summed E-state index contributed by atoms with van der Waals surface area (Å²) in [5.74, 6) is 0.639. The van der Waals surface area contributed by atoms with Crippen LogP contribution >= 0.6 is 15.9 Å². The van der Waals surface area contributed by atoms with E-state index in [1.165, 1.54) is 25.1 Å². The summed E-state index contributed by atoms with van der Waals surface area (Å²) in [5.41, 5.74) is 2.23. The van der Waals surface area contributed by atoms with Crippen LogP contribution in [-0.4, -0.2) is 38.6 Å². The number of alkyl halides is 1. The van der Waals surface area contributed by atoms with E-state index in [0.29, 0.717) is 5.33 Å². The molecule has 1 aliphatic rings. The van der Waals surface area contributed by atoms with E-state index in [-0.39, 0.29) is 5.82 Å². The first-order valence-corrected chi connectivity index (χ1v) is 7.96. The highest BCUT2D eigenvalue weighted by molar-refractivity contribution is 9.08. The van der Waals surface area contributed by atoms with Gasteiger partial charge in [0.25, 0.3) is 0 Å². The lowest BCUT2D eigenvalue weighted by atomic mass is 9.95. The molecule has 0 saturated carbocycles. The van der Waals surface area contributed by atoms with E-state index in [9.17, 15) is 4.39 Å². The van der Waals surface area contributed by atoms with Crippen LogP contribution in [0, 0.1) is 11.7 Å². The topological polar surface area (TPSA) is 6.48 Å². The van der Waals surface area contributed by atoms with Gasteiger partial charge >= 0.3 is 0 Å². The van der Waals surface area contributed by atoms with Crippen LogP contribution in [0.1, 0.15) is 18.4 Å². The van der Waals surface area contributed by atoms with Gasteiger partial charge in [0.15, 0.2) is 0 Å². The zero-order chi connectivity index (χ0) is 13.8. The van der Waals surface area contributed by atoms with Crippen molar-refractivity contribution in [3.8, 4) is 0 Å². The summed E-state index contributed by atoms with van der Waals surface area (Å²) in [5, 5.41) is 0.706. The van der Waals surface area contributed by atoms with Crippen LogP contribution in [-0.2, 0) is 5.33 Å². The van der Waals surface area contributed by atoms with Gasteiger partial charge in [0.2, 0.25) is 0 Å². The van der Waals surface area contributed by atoms with Crippen molar-refractivity contribution in [2.75, 3.05) is 38.6 Å². The van der Waals surface area contributed by atoms with Gasteiger partial charge in [-0.15, -0.1) is 0 Å². The maximum Gasteiger partial charge on any atom is 0.123 e. The Kier molecular flexibility index (Phi) is 5.22. The van der Waals surface area contributed by atoms with E-state index in [1.54, 1.807) is 12.1 Å². The highest BCUT2D eigenvalue weighted by Crippen LogP contribution is 2.28. The second-order valence-electron chi connectivity index (χ2n) is 5.60. The summed E-state index contributed by atoms with van der Waals surface area (Å²) >= 11 is 3.45. The summed E-state index contributed by atoms with van der Waals surface area (Å²) in [6.07, 6.45) is 2.44. The highest BCUT2D eigenvalue weighted by atomic mass is 79.9. The molecule has 0 spiro atoms. The fourth-order valence-corrected chi connectivity index (χ4v) is 3.29. The molecular weight excluding hydrogens is 307 g/mol. The number of piperidine rings is 1. The molecule has 19 heavy (non-hydrogen) atoms. The van der Waals surface area contributed by atoms with Crippen molar-refractivity contribution in [1.82, 2.24) is 4.90 Å². The van der Waals surface area contributed by atoms with Crippen molar-refractivity contribution in [3.63, 3.8) is 0 Å². The number of rotatable bonds is 4. The standard InChI is InChI=1S/C15H22BrFN2/c1-18(2)11-12-5-7-19(8-6-12)15-4-3-14(17)9-13(15)10-16/h3-4,9,12H,5-8,10-11H2,1-2H3. The maximum absolute atomic E-state index is 13.3. The van der Waals surface area contributed by atoms with Gasteiger partial charge in [-0.3, -0.25) is 0 Å². The fraction of sp³-hybridized carbons (Fsp3) is 0.600. The van der Waals surface area contributed by atoms with E-state index < -0.39 is 0 Å². The van der Waals surface area contributed by atoms with E-state index in [2.05, 4.69) is 39.8 Å². The number of benzene rings is 1. The zero-order valence-corrected chi connectivity index (χ0v) is 13.3. The molecule has 2 rings (SSSR count). The van der Waals surface area contributed by atoms with Gasteiger partial charge in [0.1, 0.15) is 5.82 Å². The van der Waals surface area contributed by atoms with Gasteiger partial charge < -0.3 is 9.80 Å². The Morgan fingerprint density at radius 3 is 2.58 bits per heavy atom. The van der Waals surface area contributed by atoms with Gasteiger partial charge in [-0.2, -0.15) is 0 Å². The van der Waals surface area contributed by atoms with Gasteiger partial charge in [-0.25, -0.2) is 4.39 Å². The summed E-state index contributed by atoms with van der Waals surface area (Å²) < 4.78 is 13.3. The molecular formula is C15H22BrFN2. The smallest absolute Gasteiger partial charge is 0.123 e. The van der Waals surface area contributed by atoms with Crippen molar-refractivity contribution >= 4 is 21.6 Å². The zero-order valence-electron chi connectivity index (χ0n) is 11.7. The van der Waals surface area contributed by atoms with E-state index in [4.69, 9.17) is 0 Å². The van der Waals surface area contributed by atoms with Gasteiger partial charge in [0, 0.05) is 30.7 Å². The Bertz CT molecular complexity index is 415. The molecule has 0 N–H and O–H groups in total. The van der Waals surface area contributed by atoms with Crippen molar-refractivity contribution in [2.24, 2.45) is 5.92 Å². The highest BCUT2D eigenvalue weighted by Gasteiger charge is 2.21.